The zero-order chi connectivity index (χ0) is 17.3. The van der Waals surface area contributed by atoms with Crippen molar-refractivity contribution in [2.45, 2.75) is 27.7 Å². The molecule has 114 valence electrons. The van der Waals surface area contributed by atoms with Gasteiger partial charge in [0.1, 0.15) is 0 Å². The molecule has 0 aliphatic rings. The van der Waals surface area contributed by atoms with Crippen molar-refractivity contribution in [3.63, 3.8) is 0 Å². The van der Waals surface area contributed by atoms with Crippen LogP contribution in [0.15, 0.2) is 0 Å². The Bertz CT molecular complexity index is 183. The van der Waals surface area contributed by atoms with Crippen LogP contribution in [0.2, 0.25) is 0 Å². The third kappa shape index (κ3) is 36.0. The predicted octanol–water partition coefficient (Wildman–Crippen LogP) is 1.81. The summed E-state index contributed by atoms with van der Waals surface area (Å²) in [5.74, 6) is 0. The molecule has 0 rings (SSSR count). The summed E-state index contributed by atoms with van der Waals surface area (Å²) in [4.78, 5) is 0. The minimum Gasteiger partial charge on any atom is 0 e. The van der Waals surface area contributed by atoms with Gasteiger partial charge in [0, 0.05) is 17.4 Å². The quantitative estimate of drug-likeness (QED) is 0.428. The first-order chi connectivity index (χ1) is 9.24. The molecule has 0 atom stereocenters. The number of rotatable bonds is 4. The minimum atomic E-state index is 0. The van der Waals surface area contributed by atoms with Gasteiger partial charge in [-0.1, -0.05) is 0 Å². The molecule has 0 radical (unpaired) electrons. The van der Waals surface area contributed by atoms with E-state index in [1.165, 1.54) is 30.7 Å². The summed E-state index contributed by atoms with van der Waals surface area (Å²) in [6, 6.07) is 0. The average molecular weight is 324 g/mol. The maximum Gasteiger partial charge on any atom is 0 e. The van der Waals surface area contributed by atoms with Gasteiger partial charge in [-0.2, -0.15) is 0 Å². The zero-order valence-electron chi connectivity index (χ0n) is 13.2. The van der Waals surface area contributed by atoms with E-state index in [2.05, 4.69) is 60.9 Å². The molecule has 0 heterocycles. The Morgan fingerprint density at radius 2 is 0.650 bits per heavy atom. The summed E-state index contributed by atoms with van der Waals surface area (Å²) < 4.78 is 38.8. The molecule has 0 unspecified atom stereocenters. The van der Waals surface area contributed by atoms with Crippen LogP contribution in [0.4, 0.5) is 0 Å². The summed E-state index contributed by atoms with van der Waals surface area (Å²) in [7, 11) is 0. The van der Waals surface area contributed by atoms with Gasteiger partial charge in [0.15, 0.2) is 0 Å². The van der Waals surface area contributed by atoms with Gasteiger partial charge in [0.25, 0.3) is 0 Å². The fourth-order valence-electron chi connectivity index (χ4n) is 1.34. The van der Waals surface area contributed by atoms with Gasteiger partial charge in [-0.15, -0.1) is 0 Å². The van der Waals surface area contributed by atoms with Gasteiger partial charge < -0.3 is 5.91 Å². The Morgan fingerprint density at radius 3 is 0.650 bits per heavy atom. The molecule has 0 spiro atoms. The van der Waals surface area contributed by atoms with Crippen LogP contribution >= 0.6 is 0 Å². The topological polar surface area (TPSA) is 99.5 Å². The van der Waals surface area contributed by atoms with E-state index in [4.69, 9.17) is 23.3 Å². The monoisotopic (exact) mass is 324 g/mol. The predicted molar refractivity (Wildman–Crippen MR) is 63.2 cm³/mol. The Labute approximate surface area is 134 Å². The fraction of sp³-hybridized carbons (Fsp3) is 0.615. The van der Waals surface area contributed by atoms with Gasteiger partial charge in [0.2, 0.25) is 0 Å². The van der Waals surface area contributed by atoms with Crippen LogP contribution in [0.1, 0.15) is 29.1 Å². The van der Waals surface area contributed by atoms with Crippen molar-refractivity contribution in [1.29, 1.82) is 0 Å². The summed E-state index contributed by atoms with van der Waals surface area (Å²) in [6.07, 6.45) is 0. The Morgan fingerprint density at radius 1 is 0.550 bits per heavy atom. The molecule has 0 amide bonds. The standard InChI is InChI=1S/C8H20N.5CO.Cr.H/c1-5-9(6-2,7-3)8-4;5*1-2;;/h5-8H2,1-4H3;;;;;;;/q+1;;;;;;;-1/i;;;;;;;1+1. The van der Waals surface area contributed by atoms with E-state index in [0.29, 0.717) is 0 Å². The number of hydrogen-bond donors (Lipinski definition) is 0. The summed E-state index contributed by atoms with van der Waals surface area (Å²) in [6.45, 7) is 36.7. The van der Waals surface area contributed by atoms with Gasteiger partial charge >= 0.3 is 56.5 Å². The molecule has 0 aliphatic carbocycles. The summed E-state index contributed by atoms with van der Waals surface area (Å²) >= 11 is 0. The normalized spacial score (nSPS) is 5.90. The van der Waals surface area contributed by atoms with Crippen molar-refractivity contribution in [3.8, 4) is 0 Å². The molecule has 0 bridgehead atoms. The zero-order valence-corrected chi connectivity index (χ0v) is 13.5. The van der Waals surface area contributed by atoms with Crippen LogP contribution in [0.5, 0.6) is 0 Å². The van der Waals surface area contributed by atoms with Crippen molar-refractivity contribution in [2.24, 2.45) is 0 Å². The second kappa shape index (κ2) is 63.6. The van der Waals surface area contributed by atoms with Crippen LogP contribution in [0.25, 0.3) is 0 Å². The second-order valence-corrected chi connectivity index (χ2v) is 2.61. The Balaban J connectivity index is -0.0000000201. The molecule has 20 heavy (non-hydrogen) atoms. The minimum absolute atomic E-state index is 0. The van der Waals surface area contributed by atoms with Crippen molar-refractivity contribution < 1.29 is 46.5 Å². The van der Waals surface area contributed by atoms with E-state index in [9.17, 15) is 0 Å². The first-order valence-electron chi connectivity index (χ1n) is 5.11. The van der Waals surface area contributed by atoms with Crippen molar-refractivity contribution in [1.82, 2.24) is 0 Å². The van der Waals surface area contributed by atoms with Crippen molar-refractivity contribution >= 4 is 0 Å². The number of hydrogen-bond acceptors (Lipinski definition) is 0. The Hall–Kier alpha value is -0.808. The van der Waals surface area contributed by atoms with Crippen LogP contribution in [-0.4, -0.2) is 30.7 Å². The van der Waals surface area contributed by atoms with E-state index in [0.717, 1.165) is 0 Å². The average Bonchev–Trinajstić information content (AvgIpc) is 2.59. The molecule has 0 saturated heterocycles. The molecule has 0 aromatic rings. The first kappa shape index (κ1) is 42.7. The van der Waals surface area contributed by atoms with Gasteiger partial charge in [-0.25, -0.2) is 0 Å². The summed E-state index contributed by atoms with van der Waals surface area (Å²) in [5, 5.41) is 0. The Kier molecular flexibility index (Phi) is 136. The molecule has 0 saturated carbocycles. The molecule has 0 aliphatic heterocycles. The van der Waals surface area contributed by atoms with Crippen LogP contribution in [-0.2, 0) is 40.6 Å². The third-order valence-corrected chi connectivity index (χ3v) is 2.68. The van der Waals surface area contributed by atoms with Crippen LogP contribution in [0.3, 0.4) is 0 Å². The second-order valence-electron chi connectivity index (χ2n) is 2.61. The van der Waals surface area contributed by atoms with E-state index in [1.54, 1.807) is 0 Å². The third-order valence-electron chi connectivity index (χ3n) is 2.68. The van der Waals surface area contributed by atoms with Gasteiger partial charge in [-0.05, 0) is 27.7 Å². The largest absolute Gasteiger partial charge is 0 e. The van der Waals surface area contributed by atoms with Gasteiger partial charge in [0.05, 0.1) is 26.2 Å². The van der Waals surface area contributed by atoms with Crippen molar-refractivity contribution in [2.75, 3.05) is 26.2 Å². The smallest absolute Gasteiger partial charge is 0 e. The molecule has 0 fully saturated rings. The first-order valence-corrected chi connectivity index (χ1v) is 5.11. The molecule has 0 aromatic carbocycles. The molecule has 0 N–H and O–H groups in total. The van der Waals surface area contributed by atoms with E-state index >= 15 is 0 Å². The van der Waals surface area contributed by atoms with Crippen LogP contribution < -0.4 is 0 Å². The maximum absolute atomic E-state index is 7.50. The summed E-state index contributed by atoms with van der Waals surface area (Å²) in [5.41, 5.74) is 0. The van der Waals surface area contributed by atoms with Crippen molar-refractivity contribution in [3.05, 3.63) is 33.3 Å². The maximum atomic E-state index is 7.50. The van der Waals surface area contributed by atoms with Crippen LogP contribution in [0, 0.1) is 33.3 Å². The molecule has 0 aromatic heterocycles. The van der Waals surface area contributed by atoms with E-state index in [-0.39, 0.29) is 18.8 Å². The number of quaternary nitrogens is 1. The molecular weight excluding hydrogens is 302 g/mol. The fourth-order valence-corrected chi connectivity index (χ4v) is 1.34. The molecular formula is C13H21CrNO5. The van der Waals surface area contributed by atoms with E-state index in [1.807, 2.05) is 0 Å². The SMILES string of the molecule is CC[N+](CC)(CC)CC.[2H-].[C-]#[O+].[C-]#[O+].[C-]#[O+].[C-]#[O+].[C-]#[O+].[Cr]. The van der Waals surface area contributed by atoms with Gasteiger partial charge in [-0.3, -0.25) is 0 Å². The molecule has 7 heteroatoms. The number of nitrogens with zero attached hydrogens (tertiary/aromatic N) is 1. The van der Waals surface area contributed by atoms with E-state index < -0.39 is 0 Å². The molecule has 6 nitrogen and oxygen atoms in total.